The first-order valence-corrected chi connectivity index (χ1v) is 9.01. The lowest BCUT2D eigenvalue weighted by Crippen LogP contribution is -2.24. The van der Waals surface area contributed by atoms with Crippen LogP contribution in [0.3, 0.4) is 0 Å². The summed E-state index contributed by atoms with van der Waals surface area (Å²) < 4.78 is 2.81. The van der Waals surface area contributed by atoms with Crippen LogP contribution in [-0.2, 0) is 4.79 Å². The van der Waals surface area contributed by atoms with Gasteiger partial charge in [0.2, 0.25) is 5.91 Å². The lowest BCUT2D eigenvalue weighted by atomic mass is 10.4. The molecule has 0 bridgehead atoms. The second kappa shape index (κ2) is 6.67. The van der Waals surface area contributed by atoms with E-state index in [1.54, 1.807) is 28.3 Å². The highest BCUT2D eigenvalue weighted by Gasteiger charge is 2.19. The Hall–Kier alpha value is -1.93. The second-order valence-corrected chi connectivity index (χ2v) is 7.56. The quantitative estimate of drug-likeness (QED) is 0.564. The zero-order valence-corrected chi connectivity index (χ0v) is 14.7. The van der Waals surface area contributed by atoms with Gasteiger partial charge in [-0.1, -0.05) is 11.8 Å². The van der Waals surface area contributed by atoms with Gasteiger partial charge in [0.1, 0.15) is 17.2 Å². The summed E-state index contributed by atoms with van der Waals surface area (Å²) >= 11 is 3.03. The zero-order chi connectivity index (χ0) is 16.4. The number of thiophene rings is 1. The van der Waals surface area contributed by atoms with Crippen LogP contribution in [0, 0.1) is 0 Å². The number of rotatable bonds is 5. The number of nitrogens with zero attached hydrogens (tertiary/aromatic N) is 4. The number of nitrogens with one attached hydrogen (secondary N) is 1. The normalized spacial score (nSPS) is 12.7. The third-order valence-electron chi connectivity index (χ3n) is 3.28. The number of hydrogen-bond donors (Lipinski definition) is 1. The molecule has 3 aromatic rings. The molecule has 1 atom stereocenters. The Balaban J connectivity index is 1.73. The number of hydrogen-bond acceptors (Lipinski definition) is 6. The topological polar surface area (TPSA) is 72.7 Å². The van der Waals surface area contributed by atoms with Crippen LogP contribution in [0.4, 0.5) is 5.82 Å². The van der Waals surface area contributed by atoms with Gasteiger partial charge in [-0.05, 0) is 32.2 Å². The molecule has 1 unspecified atom stereocenters. The van der Waals surface area contributed by atoms with Gasteiger partial charge in [0.05, 0.1) is 21.7 Å². The molecule has 6 nitrogen and oxygen atoms in total. The van der Waals surface area contributed by atoms with Gasteiger partial charge in [-0.25, -0.2) is 14.6 Å². The van der Waals surface area contributed by atoms with Crippen molar-refractivity contribution in [2.45, 2.75) is 37.1 Å². The molecule has 1 amide bonds. The largest absolute Gasteiger partial charge is 0.310 e. The Labute approximate surface area is 142 Å². The molecular weight excluding hydrogens is 330 g/mol. The molecule has 3 rings (SSSR count). The lowest BCUT2D eigenvalue weighted by molar-refractivity contribution is -0.115. The Kier molecular flexibility index (Phi) is 4.63. The van der Waals surface area contributed by atoms with Gasteiger partial charge in [-0.2, -0.15) is 5.10 Å². The first-order valence-electron chi connectivity index (χ1n) is 7.25. The Morgan fingerprint density at radius 2 is 2.13 bits per heavy atom. The smallest absolute Gasteiger partial charge is 0.238 e. The maximum Gasteiger partial charge on any atom is 0.238 e. The van der Waals surface area contributed by atoms with E-state index in [4.69, 9.17) is 0 Å². The van der Waals surface area contributed by atoms with E-state index in [2.05, 4.69) is 20.4 Å². The van der Waals surface area contributed by atoms with Crippen LogP contribution in [0.25, 0.3) is 10.2 Å². The van der Waals surface area contributed by atoms with Crippen LogP contribution in [0.5, 0.6) is 0 Å². The summed E-state index contributed by atoms with van der Waals surface area (Å²) in [6.07, 6.45) is 3.23. The fourth-order valence-electron chi connectivity index (χ4n) is 2.12. The molecule has 0 saturated carbocycles. The van der Waals surface area contributed by atoms with E-state index >= 15 is 0 Å². The third kappa shape index (κ3) is 3.37. The summed E-state index contributed by atoms with van der Waals surface area (Å²) in [5, 5.41) is 9.70. The fraction of sp³-hybridized carbons (Fsp3) is 0.333. The molecule has 3 heterocycles. The van der Waals surface area contributed by atoms with Gasteiger partial charge in [0, 0.05) is 12.1 Å². The number of thioether (sulfide) groups is 1. The number of carbonyl (C=O) groups is 1. The van der Waals surface area contributed by atoms with Gasteiger partial charge in [-0.3, -0.25) is 4.79 Å². The maximum atomic E-state index is 12.5. The number of fused-ring (bicyclic) bond motifs is 1. The predicted molar refractivity (Wildman–Crippen MR) is 94.0 cm³/mol. The molecule has 0 spiro atoms. The molecule has 0 aliphatic rings. The van der Waals surface area contributed by atoms with Crippen molar-refractivity contribution >= 4 is 45.0 Å². The molecule has 120 valence electrons. The highest BCUT2D eigenvalue weighted by atomic mass is 32.2. The van der Waals surface area contributed by atoms with Crippen LogP contribution < -0.4 is 5.32 Å². The average Bonchev–Trinajstić information content (AvgIpc) is 3.16. The monoisotopic (exact) mass is 347 g/mol. The first-order chi connectivity index (χ1) is 11.1. The van der Waals surface area contributed by atoms with Gasteiger partial charge in [-0.15, -0.1) is 11.3 Å². The summed E-state index contributed by atoms with van der Waals surface area (Å²) in [6.45, 7) is 5.92. The van der Waals surface area contributed by atoms with Crippen LogP contribution in [0.1, 0.15) is 26.8 Å². The molecule has 0 aromatic carbocycles. The van der Waals surface area contributed by atoms with E-state index < -0.39 is 0 Å². The van der Waals surface area contributed by atoms with Crippen LogP contribution in [0.15, 0.2) is 35.1 Å². The highest BCUT2D eigenvalue weighted by molar-refractivity contribution is 8.00. The van der Waals surface area contributed by atoms with Crippen molar-refractivity contribution in [2.24, 2.45) is 0 Å². The Bertz CT molecular complexity index is 826. The van der Waals surface area contributed by atoms with Crippen LogP contribution >= 0.6 is 23.1 Å². The number of carbonyl (C=O) groups excluding carboxylic acids is 1. The SMILES string of the molecule is CC(Sc1ncnc2ccsc12)C(=O)Nc1ccnn1C(C)C. The highest BCUT2D eigenvalue weighted by Crippen LogP contribution is 2.31. The molecule has 0 fully saturated rings. The minimum absolute atomic E-state index is 0.0688. The first kappa shape index (κ1) is 15.9. The van der Waals surface area contributed by atoms with Crippen molar-refractivity contribution in [1.82, 2.24) is 19.7 Å². The average molecular weight is 347 g/mol. The van der Waals surface area contributed by atoms with Crippen molar-refractivity contribution in [2.75, 3.05) is 5.32 Å². The minimum Gasteiger partial charge on any atom is -0.310 e. The van der Waals surface area contributed by atoms with Crippen molar-refractivity contribution in [3.05, 3.63) is 30.0 Å². The maximum absolute atomic E-state index is 12.5. The summed E-state index contributed by atoms with van der Waals surface area (Å²) in [4.78, 5) is 21.0. The van der Waals surface area contributed by atoms with Crippen LogP contribution in [-0.4, -0.2) is 30.9 Å². The molecule has 0 aliphatic carbocycles. The van der Waals surface area contributed by atoms with Crippen molar-refractivity contribution < 1.29 is 4.79 Å². The molecular formula is C15H17N5OS2. The Morgan fingerprint density at radius 3 is 2.91 bits per heavy atom. The van der Waals surface area contributed by atoms with Gasteiger partial charge < -0.3 is 5.32 Å². The Morgan fingerprint density at radius 1 is 1.30 bits per heavy atom. The summed E-state index contributed by atoms with van der Waals surface area (Å²) in [6, 6.07) is 3.95. The summed E-state index contributed by atoms with van der Waals surface area (Å²) in [5.74, 6) is 0.641. The fourth-order valence-corrected chi connectivity index (χ4v) is 3.96. The van der Waals surface area contributed by atoms with E-state index in [1.807, 2.05) is 32.2 Å². The zero-order valence-electron chi connectivity index (χ0n) is 13.1. The molecule has 3 aromatic heterocycles. The molecule has 0 saturated heterocycles. The molecule has 23 heavy (non-hydrogen) atoms. The molecule has 0 radical (unpaired) electrons. The standard InChI is InChI=1S/C15H17N5OS2/c1-9(2)20-12(4-6-18-20)19-14(21)10(3)23-15-13-11(5-7-22-13)16-8-17-15/h4-10H,1-3H3,(H,19,21). The number of anilines is 1. The van der Waals surface area contributed by atoms with Gasteiger partial charge >= 0.3 is 0 Å². The van der Waals surface area contributed by atoms with E-state index in [1.165, 1.54) is 18.1 Å². The van der Waals surface area contributed by atoms with E-state index in [-0.39, 0.29) is 17.2 Å². The molecule has 0 aliphatic heterocycles. The van der Waals surface area contributed by atoms with Crippen molar-refractivity contribution in [1.29, 1.82) is 0 Å². The van der Waals surface area contributed by atoms with Gasteiger partial charge in [0.25, 0.3) is 0 Å². The molecule has 1 N–H and O–H groups in total. The summed E-state index contributed by atoms with van der Waals surface area (Å²) in [5.41, 5.74) is 0.915. The van der Waals surface area contributed by atoms with Crippen LogP contribution in [0.2, 0.25) is 0 Å². The van der Waals surface area contributed by atoms with E-state index in [9.17, 15) is 4.79 Å². The van der Waals surface area contributed by atoms with Crippen molar-refractivity contribution in [3.63, 3.8) is 0 Å². The number of amides is 1. The molecule has 8 heteroatoms. The van der Waals surface area contributed by atoms with E-state index in [0.29, 0.717) is 5.82 Å². The summed E-state index contributed by atoms with van der Waals surface area (Å²) in [7, 11) is 0. The van der Waals surface area contributed by atoms with E-state index in [0.717, 1.165) is 15.2 Å². The second-order valence-electron chi connectivity index (χ2n) is 5.32. The predicted octanol–water partition coefficient (Wildman–Crippen LogP) is 3.59. The number of aromatic nitrogens is 4. The van der Waals surface area contributed by atoms with Crippen molar-refractivity contribution in [3.8, 4) is 0 Å². The van der Waals surface area contributed by atoms with Gasteiger partial charge in [0.15, 0.2) is 0 Å². The third-order valence-corrected chi connectivity index (χ3v) is 5.42. The minimum atomic E-state index is -0.272. The lowest BCUT2D eigenvalue weighted by Gasteiger charge is -2.14.